The summed E-state index contributed by atoms with van der Waals surface area (Å²) in [5.41, 5.74) is 7.03. The Bertz CT molecular complexity index is 534. The molecule has 0 aliphatic heterocycles. The lowest BCUT2D eigenvalue weighted by molar-refractivity contribution is -0.118. The predicted octanol–water partition coefficient (Wildman–Crippen LogP) is 1.17. The lowest BCUT2D eigenvalue weighted by Gasteiger charge is -2.02. The number of nitrogen functional groups attached to an aromatic ring is 1. The molecule has 2 aromatic rings. The molecule has 17 heavy (non-hydrogen) atoms. The van der Waals surface area contributed by atoms with Crippen LogP contribution in [0.1, 0.15) is 26.2 Å². The van der Waals surface area contributed by atoms with Crippen LogP contribution in [0, 0.1) is 0 Å². The Kier molecular flexibility index (Phi) is 3.32. The average molecular weight is 233 g/mol. The first-order valence-corrected chi connectivity index (χ1v) is 5.65. The number of Topliss-reactive ketones (excluding diaryl/α,β-unsaturated/α-hetero) is 1. The van der Waals surface area contributed by atoms with Crippen LogP contribution in [0.15, 0.2) is 12.7 Å². The van der Waals surface area contributed by atoms with Gasteiger partial charge in [0.2, 0.25) is 0 Å². The summed E-state index contributed by atoms with van der Waals surface area (Å²) in [6.07, 6.45) is 5.09. The molecule has 90 valence electrons. The second-order valence-corrected chi connectivity index (χ2v) is 3.86. The number of nitrogens with two attached hydrogens (primary N) is 1. The molecule has 0 atom stereocenters. The molecule has 0 radical (unpaired) electrons. The van der Waals surface area contributed by atoms with Gasteiger partial charge in [0.05, 0.1) is 6.33 Å². The van der Waals surface area contributed by atoms with Crippen molar-refractivity contribution in [1.29, 1.82) is 0 Å². The summed E-state index contributed by atoms with van der Waals surface area (Å²) in [7, 11) is 0. The quantitative estimate of drug-likeness (QED) is 0.837. The van der Waals surface area contributed by atoms with Crippen LogP contribution >= 0.6 is 0 Å². The van der Waals surface area contributed by atoms with E-state index in [1.165, 1.54) is 6.33 Å². The first-order valence-electron chi connectivity index (χ1n) is 5.65. The monoisotopic (exact) mass is 233 g/mol. The van der Waals surface area contributed by atoms with Gasteiger partial charge in [-0.3, -0.25) is 4.79 Å². The van der Waals surface area contributed by atoms with Gasteiger partial charge in [0.15, 0.2) is 11.5 Å². The number of aryl methyl sites for hydroxylation is 1. The van der Waals surface area contributed by atoms with Crippen molar-refractivity contribution in [3.8, 4) is 0 Å². The lowest BCUT2D eigenvalue weighted by atomic mass is 10.2. The number of ketones is 1. The Morgan fingerprint density at radius 1 is 1.41 bits per heavy atom. The Morgan fingerprint density at radius 3 is 3.00 bits per heavy atom. The Hall–Kier alpha value is -1.98. The molecule has 0 aliphatic rings. The van der Waals surface area contributed by atoms with E-state index >= 15 is 0 Å². The second-order valence-electron chi connectivity index (χ2n) is 3.86. The molecule has 2 N–H and O–H groups in total. The number of fused-ring (bicyclic) bond motifs is 1. The maximum absolute atomic E-state index is 11.2. The first-order chi connectivity index (χ1) is 8.22. The summed E-state index contributed by atoms with van der Waals surface area (Å²) in [5, 5.41) is 0. The van der Waals surface area contributed by atoms with Gasteiger partial charge in [0, 0.05) is 19.4 Å². The Morgan fingerprint density at radius 2 is 2.24 bits per heavy atom. The van der Waals surface area contributed by atoms with Crippen molar-refractivity contribution in [2.24, 2.45) is 0 Å². The smallest absolute Gasteiger partial charge is 0.165 e. The normalized spacial score (nSPS) is 10.9. The van der Waals surface area contributed by atoms with Crippen LogP contribution in [0.5, 0.6) is 0 Å². The molecule has 2 rings (SSSR count). The SMILES string of the molecule is CCC(=O)CCCn1cnc2c(N)ncnc21. The number of carbonyl (C=O) groups is 1. The number of hydrogen-bond acceptors (Lipinski definition) is 5. The van der Waals surface area contributed by atoms with E-state index in [4.69, 9.17) is 5.73 Å². The van der Waals surface area contributed by atoms with Crippen LogP contribution in [0.25, 0.3) is 11.2 Å². The van der Waals surface area contributed by atoms with Crippen LogP contribution in [0.3, 0.4) is 0 Å². The molecule has 2 heterocycles. The third-order valence-corrected chi connectivity index (χ3v) is 2.68. The molecule has 0 aliphatic carbocycles. The van der Waals surface area contributed by atoms with Crippen molar-refractivity contribution in [3.05, 3.63) is 12.7 Å². The highest BCUT2D eigenvalue weighted by Gasteiger charge is 2.07. The molecule has 0 saturated carbocycles. The molecule has 6 heteroatoms. The van der Waals surface area contributed by atoms with E-state index in [2.05, 4.69) is 15.0 Å². The van der Waals surface area contributed by atoms with E-state index in [1.54, 1.807) is 6.33 Å². The highest BCUT2D eigenvalue weighted by Crippen LogP contribution is 2.14. The van der Waals surface area contributed by atoms with E-state index in [-0.39, 0.29) is 5.78 Å². The molecule has 0 amide bonds. The van der Waals surface area contributed by atoms with E-state index in [1.807, 2.05) is 11.5 Å². The highest BCUT2D eigenvalue weighted by atomic mass is 16.1. The minimum Gasteiger partial charge on any atom is -0.382 e. The number of anilines is 1. The third-order valence-electron chi connectivity index (χ3n) is 2.68. The van der Waals surface area contributed by atoms with Crippen molar-refractivity contribution in [2.75, 3.05) is 5.73 Å². The molecule has 0 saturated heterocycles. The van der Waals surface area contributed by atoms with Crippen molar-refractivity contribution < 1.29 is 4.79 Å². The number of carbonyl (C=O) groups excluding carboxylic acids is 1. The van der Waals surface area contributed by atoms with Crippen LogP contribution < -0.4 is 5.73 Å². The number of rotatable bonds is 5. The van der Waals surface area contributed by atoms with Crippen molar-refractivity contribution in [3.63, 3.8) is 0 Å². The topological polar surface area (TPSA) is 86.7 Å². The van der Waals surface area contributed by atoms with E-state index in [0.29, 0.717) is 24.2 Å². The van der Waals surface area contributed by atoms with Gasteiger partial charge < -0.3 is 10.3 Å². The van der Waals surface area contributed by atoms with Gasteiger partial charge in [-0.2, -0.15) is 0 Å². The summed E-state index contributed by atoms with van der Waals surface area (Å²) in [4.78, 5) is 23.4. The average Bonchev–Trinajstić information content (AvgIpc) is 2.74. The molecule has 0 spiro atoms. The zero-order valence-electron chi connectivity index (χ0n) is 9.76. The van der Waals surface area contributed by atoms with E-state index in [9.17, 15) is 4.79 Å². The number of aromatic nitrogens is 4. The minimum atomic E-state index is 0.281. The fourth-order valence-electron chi connectivity index (χ4n) is 1.69. The Labute approximate surface area is 98.9 Å². The summed E-state index contributed by atoms with van der Waals surface area (Å²) < 4.78 is 1.90. The van der Waals surface area contributed by atoms with Gasteiger partial charge in [0.25, 0.3) is 0 Å². The fraction of sp³-hybridized carbons (Fsp3) is 0.455. The van der Waals surface area contributed by atoms with Crippen LogP contribution in [-0.4, -0.2) is 25.3 Å². The number of imidazole rings is 1. The predicted molar refractivity (Wildman–Crippen MR) is 64.3 cm³/mol. The largest absolute Gasteiger partial charge is 0.382 e. The van der Waals surface area contributed by atoms with Crippen molar-refractivity contribution in [1.82, 2.24) is 19.5 Å². The summed E-state index contributed by atoms with van der Waals surface area (Å²) >= 11 is 0. The molecule has 6 nitrogen and oxygen atoms in total. The van der Waals surface area contributed by atoms with Crippen LogP contribution in [0.4, 0.5) is 5.82 Å². The first kappa shape index (κ1) is 11.5. The van der Waals surface area contributed by atoms with Gasteiger partial charge in [-0.25, -0.2) is 15.0 Å². The third kappa shape index (κ3) is 2.41. The zero-order valence-corrected chi connectivity index (χ0v) is 9.76. The molecular formula is C11H15N5O. The standard InChI is InChI=1S/C11H15N5O/c1-2-8(17)4-3-5-16-7-15-9-10(12)13-6-14-11(9)16/h6-7H,2-5H2,1H3,(H2,12,13,14). The van der Waals surface area contributed by atoms with Gasteiger partial charge in [-0.15, -0.1) is 0 Å². The molecule has 0 fully saturated rings. The molecule has 2 aromatic heterocycles. The maximum atomic E-state index is 11.2. The molecule has 0 aromatic carbocycles. The summed E-state index contributed by atoms with van der Waals surface area (Å²) in [5.74, 6) is 0.668. The van der Waals surface area contributed by atoms with E-state index in [0.717, 1.165) is 18.6 Å². The molecule has 0 bridgehead atoms. The summed E-state index contributed by atoms with van der Waals surface area (Å²) in [6, 6.07) is 0. The minimum absolute atomic E-state index is 0.281. The van der Waals surface area contributed by atoms with Gasteiger partial charge in [0.1, 0.15) is 17.6 Å². The summed E-state index contributed by atoms with van der Waals surface area (Å²) in [6.45, 7) is 2.60. The maximum Gasteiger partial charge on any atom is 0.165 e. The van der Waals surface area contributed by atoms with Crippen molar-refractivity contribution >= 4 is 22.8 Å². The number of nitrogens with zero attached hydrogens (tertiary/aromatic N) is 4. The molecular weight excluding hydrogens is 218 g/mol. The highest BCUT2D eigenvalue weighted by molar-refractivity contribution is 5.81. The van der Waals surface area contributed by atoms with Crippen LogP contribution in [-0.2, 0) is 11.3 Å². The van der Waals surface area contributed by atoms with Gasteiger partial charge in [-0.05, 0) is 6.42 Å². The number of hydrogen-bond donors (Lipinski definition) is 1. The van der Waals surface area contributed by atoms with Crippen LogP contribution in [0.2, 0.25) is 0 Å². The van der Waals surface area contributed by atoms with Gasteiger partial charge in [-0.1, -0.05) is 6.92 Å². The zero-order chi connectivity index (χ0) is 12.3. The lowest BCUT2D eigenvalue weighted by Crippen LogP contribution is -2.02. The fourth-order valence-corrected chi connectivity index (χ4v) is 1.69. The van der Waals surface area contributed by atoms with E-state index < -0.39 is 0 Å². The second kappa shape index (κ2) is 4.90. The van der Waals surface area contributed by atoms with Gasteiger partial charge >= 0.3 is 0 Å². The molecule has 0 unspecified atom stereocenters. The van der Waals surface area contributed by atoms with Crippen molar-refractivity contribution in [2.45, 2.75) is 32.7 Å². The Balaban J connectivity index is 2.09.